The summed E-state index contributed by atoms with van der Waals surface area (Å²) in [6.07, 6.45) is -13.8. The Balaban J connectivity index is 0. The minimum atomic E-state index is -4.95. The van der Waals surface area contributed by atoms with Crippen LogP contribution in [0, 0.1) is 0 Å². The van der Waals surface area contributed by atoms with Gasteiger partial charge in [-0.15, -0.1) is 0 Å². The normalized spacial score (nSPS) is 18.9. The van der Waals surface area contributed by atoms with Crippen molar-refractivity contribution >= 4 is 39.3 Å². The van der Waals surface area contributed by atoms with E-state index in [1.54, 1.807) is 0 Å². The second-order valence-electron chi connectivity index (χ2n) is 6.48. The second kappa shape index (κ2) is 16.1. The first-order chi connectivity index (χ1) is 15.8. The Hall–Kier alpha value is -1.73. The number of aldehydes is 2. The van der Waals surface area contributed by atoms with E-state index in [1.807, 2.05) is 5.32 Å². The lowest BCUT2D eigenvalue weighted by molar-refractivity contribution is -0.134. The SMILES string of the molecule is CC(=O)N[C@@H](C=O)[C@@H](O)[C@H](O)[C@H](O)COS(=O)(=O)O.O=C[C@H](O)[C@@H](O)[C@@H](O)[C@@H](CO)OS(=O)(=O)O. The third kappa shape index (κ3) is 15.8. The molecule has 0 bridgehead atoms. The van der Waals surface area contributed by atoms with Gasteiger partial charge in [0.15, 0.2) is 6.29 Å². The average Bonchev–Trinajstić information content (AvgIpc) is 2.75. The highest BCUT2D eigenvalue weighted by molar-refractivity contribution is 7.81. The van der Waals surface area contributed by atoms with Crippen LogP contribution in [0.25, 0.3) is 0 Å². The van der Waals surface area contributed by atoms with Gasteiger partial charge >= 0.3 is 20.8 Å². The first-order valence-corrected chi connectivity index (χ1v) is 11.7. The van der Waals surface area contributed by atoms with Gasteiger partial charge in [-0.25, -0.2) is 8.37 Å². The van der Waals surface area contributed by atoms with Crippen LogP contribution in [0.2, 0.25) is 0 Å². The number of carbonyl (C=O) groups excluding carboxylic acids is 3. The molecule has 0 aliphatic rings. The molecule has 0 aliphatic heterocycles. The van der Waals surface area contributed by atoms with Crippen molar-refractivity contribution in [2.75, 3.05) is 13.2 Å². The molecular formula is C14H27NO18S2. The van der Waals surface area contributed by atoms with Gasteiger partial charge in [-0.1, -0.05) is 0 Å². The van der Waals surface area contributed by atoms with Gasteiger partial charge in [-0.05, 0) is 0 Å². The van der Waals surface area contributed by atoms with Crippen LogP contribution in [-0.4, -0.2) is 142 Å². The van der Waals surface area contributed by atoms with Crippen LogP contribution in [0.4, 0.5) is 0 Å². The third-order valence-corrected chi connectivity index (χ3v) is 4.59. The lowest BCUT2D eigenvalue weighted by Gasteiger charge is -2.26. The Bertz CT molecular complexity index is 862. The van der Waals surface area contributed by atoms with Gasteiger partial charge in [0.05, 0.1) is 13.2 Å². The monoisotopic (exact) mass is 561 g/mol. The molecule has 0 aromatic heterocycles. The fraction of sp³-hybridized carbons (Fsp3) is 0.786. The molecule has 8 atom stereocenters. The molecule has 0 unspecified atom stereocenters. The van der Waals surface area contributed by atoms with Gasteiger partial charge in [-0.2, -0.15) is 16.8 Å². The number of nitrogens with one attached hydrogen (secondary N) is 1. The summed E-state index contributed by atoms with van der Waals surface area (Å²) in [5.41, 5.74) is 0. The van der Waals surface area contributed by atoms with Crippen molar-refractivity contribution in [1.29, 1.82) is 0 Å². The van der Waals surface area contributed by atoms with E-state index < -0.39 is 88.7 Å². The maximum Gasteiger partial charge on any atom is 0.397 e. The topological polar surface area (TPSA) is 332 Å². The molecule has 0 aromatic rings. The summed E-state index contributed by atoms with van der Waals surface area (Å²) >= 11 is 0. The fourth-order valence-electron chi connectivity index (χ4n) is 1.98. The summed E-state index contributed by atoms with van der Waals surface area (Å²) in [6, 6.07) is -1.49. The Morgan fingerprint density at radius 3 is 1.71 bits per heavy atom. The van der Waals surface area contributed by atoms with E-state index in [9.17, 15) is 51.6 Å². The first-order valence-electron chi connectivity index (χ1n) is 8.95. The van der Waals surface area contributed by atoms with E-state index in [2.05, 4.69) is 8.37 Å². The molecule has 35 heavy (non-hydrogen) atoms. The minimum absolute atomic E-state index is 0.101. The molecule has 0 spiro atoms. The maximum absolute atomic E-state index is 10.7. The van der Waals surface area contributed by atoms with Crippen molar-refractivity contribution in [2.45, 2.75) is 55.7 Å². The second-order valence-corrected chi connectivity index (χ2v) is 8.62. The molecule has 0 fully saturated rings. The van der Waals surface area contributed by atoms with E-state index in [1.165, 1.54) is 0 Å². The zero-order chi connectivity index (χ0) is 28.1. The third-order valence-electron chi connectivity index (χ3n) is 3.66. The van der Waals surface area contributed by atoms with Crippen molar-refractivity contribution < 1.29 is 84.4 Å². The summed E-state index contributed by atoms with van der Waals surface area (Å²) in [6.45, 7) is -1.04. The summed E-state index contributed by atoms with van der Waals surface area (Å²) in [4.78, 5) is 31.4. The predicted octanol–water partition coefficient (Wildman–Crippen LogP) is -6.96. The largest absolute Gasteiger partial charge is 0.397 e. The smallest absolute Gasteiger partial charge is 0.394 e. The molecule has 0 saturated heterocycles. The van der Waals surface area contributed by atoms with Crippen LogP contribution in [-0.2, 0) is 43.5 Å². The van der Waals surface area contributed by atoms with Gasteiger partial charge < -0.3 is 50.7 Å². The molecule has 0 radical (unpaired) electrons. The van der Waals surface area contributed by atoms with Gasteiger partial charge in [0.2, 0.25) is 5.91 Å². The van der Waals surface area contributed by atoms with Crippen molar-refractivity contribution in [1.82, 2.24) is 5.32 Å². The Morgan fingerprint density at radius 2 is 1.37 bits per heavy atom. The molecule has 208 valence electrons. The van der Waals surface area contributed by atoms with Crippen molar-refractivity contribution in [3.8, 4) is 0 Å². The van der Waals surface area contributed by atoms with E-state index in [4.69, 9.17) is 24.4 Å². The highest BCUT2D eigenvalue weighted by atomic mass is 32.3. The van der Waals surface area contributed by atoms with Crippen molar-refractivity contribution in [3.63, 3.8) is 0 Å². The van der Waals surface area contributed by atoms with Crippen LogP contribution in [0.15, 0.2) is 0 Å². The molecule has 0 saturated carbocycles. The van der Waals surface area contributed by atoms with Crippen LogP contribution in [0.3, 0.4) is 0 Å². The summed E-state index contributed by atoms with van der Waals surface area (Å²) in [7, 11) is -9.76. The number of amides is 1. The minimum Gasteiger partial charge on any atom is -0.394 e. The number of carbonyl (C=O) groups is 3. The number of hydrogen-bond donors (Lipinski definition) is 10. The Labute approximate surface area is 198 Å². The molecule has 0 aromatic carbocycles. The molecule has 0 aliphatic carbocycles. The molecular weight excluding hydrogens is 534 g/mol. The average molecular weight is 561 g/mol. The quantitative estimate of drug-likeness (QED) is 0.0655. The lowest BCUT2D eigenvalue weighted by Crippen LogP contribution is -2.53. The van der Waals surface area contributed by atoms with Crippen molar-refractivity contribution in [3.05, 3.63) is 0 Å². The molecule has 1 amide bonds. The van der Waals surface area contributed by atoms with Crippen LogP contribution in [0.1, 0.15) is 6.92 Å². The first kappa shape index (κ1) is 35.4. The predicted molar refractivity (Wildman–Crippen MR) is 107 cm³/mol. The van der Waals surface area contributed by atoms with E-state index in [0.717, 1.165) is 6.92 Å². The number of aliphatic hydroxyl groups is 7. The maximum atomic E-state index is 10.7. The lowest BCUT2D eigenvalue weighted by atomic mass is 10.0. The van der Waals surface area contributed by atoms with Gasteiger partial charge in [-0.3, -0.25) is 13.9 Å². The van der Waals surface area contributed by atoms with E-state index in [0.29, 0.717) is 0 Å². The highest BCUT2D eigenvalue weighted by Gasteiger charge is 2.34. The van der Waals surface area contributed by atoms with Gasteiger partial charge in [0.25, 0.3) is 0 Å². The number of hydrogen-bond acceptors (Lipinski definition) is 16. The summed E-state index contributed by atoms with van der Waals surface area (Å²) in [5.74, 6) is -0.660. The molecule has 10 N–H and O–H groups in total. The molecule has 0 heterocycles. The van der Waals surface area contributed by atoms with Crippen molar-refractivity contribution in [2.24, 2.45) is 0 Å². The van der Waals surface area contributed by atoms with E-state index in [-0.39, 0.29) is 12.6 Å². The summed E-state index contributed by atoms with van der Waals surface area (Å²) < 4.78 is 65.1. The van der Waals surface area contributed by atoms with Crippen LogP contribution >= 0.6 is 0 Å². The summed E-state index contributed by atoms with van der Waals surface area (Å²) in [5, 5.41) is 66.0. The molecule has 19 nitrogen and oxygen atoms in total. The highest BCUT2D eigenvalue weighted by Crippen LogP contribution is 2.09. The van der Waals surface area contributed by atoms with Gasteiger partial charge in [0.1, 0.15) is 55.1 Å². The van der Waals surface area contributed by atoms with Crippen LogP contribution < -0.4 is 5.32 Å². The number of rotatable bonds is 15. The number of aliphatic hydroxyl groups excluding tert-OH is 7. The van der Waals surface area contributed by atoms with Crippen LogP contribution in [0.5, 0.6) is 0 Å². The zero-order valence-corrected chi connectivity index (χ0v) is 19.3. The Morgan fingerprint density at radius 1 is 0.857 bits per heavy atom. The molecule has 0 rings (SSSR count). The molecule has 21 heteroatoms. The standard InChI is InChI=1S/C8H15NO9S.C6H12O9S/c1-4(11)9-5(2-10)7(13)8(14)6(12)3-18-19(15,16)17;7-1-3(9)5(10)6(11)4(2-8)15-16(12,13)14/h2,5-8,12-14H,3H2,1H3,(H,9,11)(H,15,16,17);1,3-6,8-11H,2H2,(H,12,13,14)/t5-,6+,7+,8+;3-,4+,5+,6-/m00/s1. The zero-order valence-electron chi connectivity index (χ0n) is 17.7. The van der Waals surface area contributed by atoms with E-state index >= 15 is 0 Å². The Kier molecular flexibility index (Phi) is 16.3. The van der Waals surface area contributed by atoms with Gasteiger partial charge in [0, 0.05) is 6.92 Å². The fourth-order valence-corrected chi connectivity index (χ4v) is 2.78.